The predicted molar refractivity (Wildman–Crippen MR) is 127 cm³/mol. The Balaban J connectivity index is 2.17. The highest BCUT2D eigenvalue weighted by atomic mass is 32.2. The largest absolute Gasteiger partial charge is 0.370 e. The van der Waals surface area contributed by atoms with Crippen LogP contribution in [-0.4, -0.2) is 51.9 Å². The Bertz CT molecular complexity index is 1090. The SMILES string of the molecule is CN=C(N)NCCCC(NS(=O)(=O)c1ccc(F)cc1)C(=O)NC(Cc1ccccc1)C(N)=O. The molecule has 0 saturated carbocycles. The van der Waals surface area contributed by atoms with Gasteiger partial charge in [-0.2, -0.15) is 4.72 Å². The standard InChI is InChI=1S/C22H29FN6O4S/c1-26-22(25)27-13-5-8-18(29-34(32,33)17-11-9-16(23)10-12-17)21(31)28-19(20(24)30)14-15-6-3-2-4-7-15/h2-4,6-7,9-12,18-19,29H,5,8,13-14H2,1H3,(H2,24,30)(H,28,31)(H3,25,26,27). The molecule has 7 N–H and O–H groups in total. The summed E-state index contributed by atoms with van der Waals surface area (Å²) < 4.78 is 41.1. The van der Waals surface area contributed by atoms with E-state index in [0.717, 1.165) is 29.8 Å². The summed E-state index contributed by atoms with van der Waals surface area (Å²) >= 11 is 0. The second kappa shape index (κ2) is 12.7. The molecule has 34 heavy (non-hydrogen) atoms. The van der Waals surface area contributed by atoms with Crippen LogP contribution in [-0.2, 0) is 26.0 Å². The third kappa shape index (κ3) is 8.45. The van der Waals surface area contributed by atoms with Gasteiger partial charge >= 0.3 is 0 Å². The van der Waals surface area contributed by atoms with Crippen molar-refractivity contribution in [1.29, 1.82) is 0 Å². The van der Waals surface area contributed by atoms with E-state index in [4.69, 9.17) is 11.5 Å². The number of carbonyl (C=O) groups excluding carboxylic acids is 2. The van der Waals surface area contributed by atoms with Crippen LogP contribution in [0.3, 0.4) is 0 Å². The number of sulfonamides is 1. The van der Waals surface area contributed by atoms with Gasteiger partial charge in [-0.1, -0.05) is 30.3 Å². The third-order valence-electron chi connectivity index (χ3n) is 4.90. The van der Waals surface area contributed by atoms with Crippen LogP contribution in [0.5, 0.6) is 0 Å². The van der Waals surface area contributed by atoms with Crippen LogP contribution in [0.1, 0.15) is 18.4 Å². The zero-order chi connectivity index (χ0) is 25.1. The van der Waals surface area contributed by atoms with Gasteiger partial charge in [0.2, 0.25) is 21.8 Å². The van der Waals surface area contributed by atoms with E-state index in [1.165, 1.54) is 7.05 Å². The zero-order valence-electron chi connectivity index (χ0n) is 18.7. The molecule has 10 nitrogen and oxygen atoms in total. The molecule has 184 valence electrons. The van der Waals surface area contributed by atoms with E-state index in [1.807, 2.05) is 6.07 Å². The molecule has 0 aliphatic rings. The lowest BCUT2D eigenvalue weighted by molar-refractivity contribution is -0.128. The molecule has 12 heteroatoms. The van der Waals surface area contributed by atoms with Crippen LogP contribution in [0.25, 0.3) is 0 Å². The lowest BCUT2D eigenvalue weighted by Gasteiger charge is -2.22. The number of halogens is 1. The number of nitrogens with one attached hydrogen (secondary N) is 3. The number of hydrogen-bond donors (Lipinski definition) is 5. The van der Waals surface area contributed by atoms with Gasteiger partial charge in [0.15, 0.2) is 5.96 Å². The van der Waals surface area contributed by atoms with E-state index < -0.39 is 39.7 Å². The highest BCUT2D eigenvalue weighted by Crippen LogP contribution is 2.12. The Kier molecular flexibility index (Phi) is 9.95. The van der Waals surface area contributed by atoms with E-state index in [9.17, 15) is 22.4 Å². The van der Waals surface area contributed by atoms with Crippen LogP contribution >= 0.6 is 0 Å². The maximum atomic E-state index is 13.2. The molecule has 0 aliphatic carbocycles. The second-order valence-corrected chi connectivity index (χ2v) is 9.17. The molecule has 0 fully saturated rings. The van der Waals surface area contributed by atoms with Crippen molar-refractivity contribution in [3.05, 3.63) is 66.0 Å². The molecule has 2 unspecified atom stereocenters. The number of carbonyl (C=O) groups is 2. The highest BCUT2D eigenvalue weighted by Gasteiger charge is 2.28. The van der Waals surface area contributed by atoms with E-state index >= 15 is 0 Å². The first-order valence-corrected chi connectivity index (χ1v) is 12.0. The highest BCUT2D eigenvalue weighted by molar-refractivity contribution is 7.89. The minimum atomic E-state index is -4.16. The summed E-state index contributed by atoms with van der Waals surface area (Å²) in [6.07, 6.45) is 0.567. The molecule has 0 radical (unpaired) electrons. The predicted octanol–water partition coefficient (Wildman–Crippen LogP) is -0.000300. The Morgan fingerprint density at radius 3 is 2.26 bits per heavy atom. The van der Waals surface area contributed by atoms with Gasteiger partial charge in [-0.05, 0) is 42.7 Å². The van der Waals surface area contributed by atoms with Crippen LogP contribution in [0.15, 0.2) is 64.5 Å². The average molecular weight is 493 g/mol. The van der Waals surface area contributed by atoms with Gasteiger partial charge in [0.25, 0.3) is 0 Å². The van der Waals surface area contributed by atoms with Crippen LogP contribution < -0.4 is 26.8 Å². The number of primary amides is 1. The number of amides is 2. The first-order valence-electron chi connectivity index (χ1n) is 10.5. The molecule has 2 amide bonds. The van der Waals surface area contributed by atoms with Crippen molar-refractivity contribution in [3.63, 3.8) is 0 Å². The van der Waals surface area contributed by atoms with E-state index in [1.54, 1.807) is 24.3 Å². The molecule has 0 spiro atoms. The first-order chi connectivity index (χ1) is 16.1. The summed E-state index contributed by atoms with van der Waals surface area (Å²) in [5.74, 6) is -1.88. The maximum Gasteiger partial charge on any atom is 0.241 e. The molecular weight excluding hydrogens is 463 g/mol. The molecule has 0 bridgehead atoms. The average Bonchev–Trinajstić information content (AvgIpc) is 2.81. The number of nitrogens with zero attached hydrogens (tertiary/aromatic N) is 1. The number of hydrogen-bond acceptors (Lipinski definition) is 5. The van der Waals surface area contributed by atoms with Crippen LogP contribution in [0.2, 0.25) is 0 Å². The normalized spacial score (nSPS) is 13.6. The van der Waals surface area contributed by atoms with Crippen molar-refractivity contribution >= 4 is 27.8 Å². The van der Waals surface area contributed by atoms with Gasteiger partial charge in [-0.15, -0.1) is 0 Å². The summed E-state index contributed by atoms with van der Waals surface area (Å²) in [5, 5.41) is 5.36. The molecule has 0 aromatic heterocycles. The topological polar surface area (TPSA) is 169 Å². The Labute approximate surface area is 198 Å². The van der Waals surface area contributed by atoms with Crippen molar-refractivity contribution in [2.24, 2.45) is 16.5 Å². The summed E-state index contributed by atoms with van der Waals surface area (Å²) in [5.41, 5.74) is 11.8. The van der Waals surface area contributed by atoms with Crippen molar-refractivity contribution < 1.29 is 22.4 Å². The molecular formula is C22H29FN6O4S. The van der Waals surface area contributed by atoms with E-state index in [2.05, 4.69) is 20.3 Å². The quantitative estimate of drug-likeness (QED) is 0.159. The lowest BCUT2D eigenvalue weighted by Crippen LogP contribution is -2.53. The minimum absolute atomic E-state index is 0.0765. The molecule has 0 heterocycles. The van der Waals surface area contributed by atoms with Crippen molar-refractivity contribution in [2.75, 3.05) is 13.6 Å². The first kappa shape index (κ1) is 26.7. The van der Waals surface area contributed by atoms with Crippen molar-refractivity contribution in [3.8, 4) is 0 Å². The number of aliphatic imine (C=N–C) groups is 1. The Morgan fingerprint density at radius 1 is 1.03 bits per heavy atom. The lowest BCUT2D eigenvalue weighted by atomic mass is 10.0. The summed E-state index contributed by atoms with van der Waals surface area (Å²) in [7, 11) is -2.65. The summed E-state index contributed by atoms with van der Waals surface area (Å²) in [6, 6.07) is 10.9. The van der Waals surface area contributed by atoms with Gasteiger partial charge in [-0.25, -0.2) is 12.8 Å². The van der Waals surface area contributed by atoms with Gasteiger partial charge < -0.3 is 22.1 Å². The molecule has 2 aromatic rings. The monoisotopic (exact) mass is 492 g/mol. The number of guanidine groups is 1. The Morgan fingerprint density at radius 2 is 1.68 bits per heavy atom. The fourth-order valence-electron chi connectivity index (χ4n) is 3.06. The maximum absolute atomic E-state index is 13.2. The van der Waals surface area contributed by atoms with Crippen LogP contribution in [0.4, 0.5) is 4.39 Å². The Hall–Kier alpha value is -3.51. The number of rotatable bonds is 12. The smallest absolute Gasteiger partial charge is 0.241 e. The summed E-state index contributed by atoms with van der Waals surface area (Å²) in [4.78, 5) is 28.5. The van der Waals surface area contributed by atoms with Gasteiger partial charge in [0, 0.05) is 20.0 Å². The van der Waals surface area contributed by atoms with E-state index in [-0.39, 0.29) is 23.7 Å². The third-order valence-corrected chi connectivity index (χ3v) is 6.38. The molecule has 0 saturated heterocycles. The van der Waals surface area contributed by atoms with Crippen molar-refractivity contribution in [2.45, 2.75) is 36.2 Å². The number of benzene rings is 2. The fraction of sp³-hybridized carbons (Fsp3) is 0.318. The van der Waals surface area contributed by atoms with Gasteiger partial charge in [-0.3, -0.25) is 14.6 Å². The van der Waals surface area contributed by atoms with Gasteiger partial charge in [0.1, 0.15) is 17.9 Å². The fourth-order valence-corrected chi connectivity index (χ4v) is 4.29. The number of nitrogens with two attached hydrogens (primary N) is 2. The molecule has 2 aromatic carbocycles. The van der Waals surface area contributed by atoms with E-state index in [0.29, 0.717) is 13.0 Å². The second-order valence-electron chi connectivity index (χ2n) is 7.46. The molecule has 2 rings (SSSR count). The van der Waals surface area contributed by atoms with Gasteiger partial charge in [0.05, 0.1) is 4.90 Å². The molecule has 2 atom stereocenters. The van der Waals surface area contributed by atoms with Crippen LogP contribution in [0, 0.1) is 5.82 Å². The van der Waals surface area contributed by atoms with Crippen molar-refractivity contribution in [1.82, 2.24) is 15.4 Å². The minimum Gasteiger partial charge on any atom is -0.370 e. The zero-order valence-corrected chi connectivity index (χ0v) is 19.5. The molecule has 0 aliphatic heterocycles. The summed E-state index contributed by atoms with van der Waals surface area (Å²) in [6.45, 7) is 0.328.